The molecule has 0 amide bonds. The molecule has 2 aromatic rings. The lowest BCUT2D eigenvalue weighted by Crippen LogP contribution is -2.13. The van der Waals surface area contributed by atoms with Crippen LogP contribution >= 0.6 is 0 Å². The average molecular weight is 415 g/mol. The quantitative estimate of drug-likeness (QED) is 0.324. The van der Waals surface area contributed by atoms with Gasteiger partial charge in [-0.05, 0) is 42.2 Å². The lowest BCUT2D eigenvalue weighted by molar-refractivity contribution is -0.139. The summed E-state index contributed by atoms with van der Waals surface area (Å²) in [7, 11) is 0. The van der Waals surface area contributed by atoms with Gasteiger partial charge in [0.05, 0.1) is 12.5 Å². The number of hydrogen-bond acceptors (Lipinski definition) is 2. The SMILES string of the molecule is CCCCCCCCOc1ccc(-c2ccc(C(CCCC)C(=O)O)c(F)c2)cc1. The van der Waals surface area contributed by atoms with Crippen molar-refractivity contribution in [3.8, 4) is 16.9 Å². The highest BCUT2D eigenvalue weighted by Gasteiger charge is 2.22. The summed E-state index contributed by atoms with van der Waals surface area (Å²) in [6.07, 6.45) is 9.47. The van der Waals surface area contributed by atoms with Gasteiger partial charge in [-0.3, -0.25) is 4.79 Å². The molecule has 1 atom stereocenters. The maximum atomic E-state index is 14.7. The van der Waals surface area contributed by atoms with Crippen LogP contribution < -0.4 is 4.74 Å². The number of carbonyl (C=O) groups is 1. The average Bonchev–Trinajstić information content (AvgIpc) is 2.74. The van der Waals surface area contributed by atoms with Crippen LogP contribution in [0.4, 0.5) is 4.39 Å². The molecule has 0 bridgehead atoms. The number of unbranched alkanes of at least 4 members (excludes halogenated alkanes) is 6. The molecule has 30 heavy (non-hydrogen) atoms. The molecule has 0 saturated carbocycles. The van der Waals surface area contributed by atoms with Gasteiger partial charge in [0.15, 0.2) is 0 Å². The molecule has 0 saturated heterocycles. The molecule has 4 heteroatoms. The van der Waals surface area contributed by atoms with Crippen LogP contribution in [0.15, 0.2) is 42.5 Å². The minimum absolute atomic E-state index is 0.263. The fraction of sp³-hybridized carbons (Fsp3) is 0.500. The summed E-state index contributed by atoms with van der Waals surface area (Å²) in [6, 6.07) is 12.5. The third-order valence-electron chi connectivity index (χ3n) is 5.47. The van der Waals surface area contributed by atoms with Crippen LogP contribution in [0, 0.1) is 5.82 Å². The summed E-state index contributed by atoms with van der Waals surface area (Å²) in [6.45, 7) is 4.93. The molecule has 0 fully saturated rings. The molecule has 3 nitrogen and oxygen atoms in total. The van der Waals surface area contributed by atoms with Crippen molar-refractivity contribution < 1.29 is 19.0 Å². The Kier molecular flexibility index (Phi) is 10.4. The van der Waals surface area contributed by atoms with E-state index in [1.54, 1.807) is 12.1 Å². The van der Waals surface area contributed by atoms with Crippen molar-refractivity contribution in [3.05, 3.63) is 53.8 Å². The van der Waals surface area contributed by atoms with Crippen molar-refractivity contribution in [1.29, 1.82) is 0 Å². The Bertz CT molecular complexity index is 770. The first-order valence-corrected chi connectivity index (χ1v) is 11.3. The zero-order chi connectivity index (χ0) is 21.8. The Hall–Kier alpha value is -2.36. The summed E-state index contributed by atoms with van der Waals surface area (Å²) >= 11 is 0. The third kappa shape index (κ3) is 7.47. The minimum atomic E-state index is -0.970. The molecular formula is C26H35FO3. The Labute approximate surface area is 180 Å². The Morgan fingerprint density at radius 2 is 1.53 bits per heavy atom. The topological polar surface area (TPSA) is 46.5 Å². The van der Waals surface area contributed by atoms with Crippen LogP contribution in [-0.4, -0.2) is 17.7 Å². The normalized spacial score (nSPS) is 12.0. The molecule has 0 aliphatic carbocycles. The van der Waals surface area contributed by atoms with E-state index in [1.165, 1.54) is 38.2 Å². The predicted octanol–water partition coefficient (Wildman–Crippen LogP) is 7.59. The van der Waals surface area contributed by atoms with Crippen LogP contribution in [0.3, 0.4) is 0 Å². The first-order chi connectivity index (χ1) is 14.6. The van der Waals surface area contributed by atoms with Gasteiger partial charge in [-0.1, -0.05) is 83.1 Å². The molecule has 0 heterocycles. The molecule has 0 radical (unpaired) electrons. The maximum absolute atomic E-state index is 14.7. The second-order valence-electron chi connectivity index (χ2n) is 7.91. The number of hydrogen-bond donors (Lipinski definition) is 1. The highest BCUT2D eigenvalue weighted by atomic mass is 19.1. The molecule has 0 aliphatic rings. The van der Waals surface area contributed by atoms with E-state index in [0.29, 0.717) is 13.0 Å². The summed E-state index contributed by atoms with van der Waals surface area (Å²) in [5, 5.41) is 9.46. The molecule has 164 valence electrons. The van der Waals surface area contributed by atoms with E-state index in [9.17, 15) is 14.3 Å². The van der Waals surface area contributed by atoms with Gasteiger partial charge in [0.2, 0.25) is 0 Å². The summed E-state index contributed by atoms with van der Waals surface area (Å²) in [5.74, 6) is -1.41. The Morgan fingerprint density at radius 1 is 0.900 bits per heavy atom. The second kappa shape index (κ2) is 13.0. The van der Waals surface area contributed by atoms with E-state index in [-0.39, 0.29) is 5.56 Å². The first-order valence-electron chi connectivity index (χ1n) is 11.3. The van der Waals surface area contributed by atoms with Crippen molar-refractivity contribution in [2.45, 2.75) is 77.6 Å². The van der Waals surface area contributed by atoms with E-state index < -0.39 is 17.7 Å². The van der Waals surface area contributed by atoms with Crippen LogP contribution in [0.2, 0.25) is 0 Å². The summed E-state index contributed by atoms with van der Waals surface area (Å²) in [4.78, 5) is 11.5. The van der Waals surface area contributed by atoms with Crippen molar-refractivity contribution in [2.24, 2.45) is 0 Å². The number of carboxylic acid groups (broad SMARTS) is 1. The summed E-state index contributed by atoms with van der Waals surface area (Å²) < 4.78 is 20.5. The van der Waals surface area contributed by atoms with Crippen LogP contribution in [0.1, 0.15) is 83.1 Å². The Balaban J connectivity index is 1.94. The van der Waals surface area contributed by atoms with E-state index in [0.717, 1.165) is 36.1 Å². The largest absolute Gasteiger partial charge is 0.494 e. The number of ether oxygens (including phenoxy) is 1. The Morgan fingerprint density at radius 3 is 2.17 bits per heavy atom. The molecule has 2 aromatic carbocycles. The van der Waals surface area contributed by atoms with E-state index in [2.05, 4.69) is 6.92 Å². The molecule has 0 aliphatic heterocycles. The summed E-state index contributed by atoms with van der Waals surface area (Å²) in [5.41, 5.74) is 1.88. The lowest BCUT2D eigenvalue weighted by atomic mass is 9.91. The maximum Gasteiger partial charge on any atom is 0.311 e. The highest BCUT2D eigenvalue weighted by molar-refractivity contribution is 5.76. The van der Waals surface area contributed by atoms with Gasteiger partial charge in [-0.25, -0.2) is 4.39 Å². The van der Waals surface area contributed by atoms with Crippen LogP contribution in [0.25, 0.3) is 11.1 Å². The third-order valence-corrected chi connectivity index (χ3v) is 5.47. The fourth-order valence-corrected chi connectivity index (χ4v) is 3.63. The zero-order valence-electron chi connectivity index (χ0n) is 18.3. The van der Waals surface area contributed by atoms with Gasteiger partial charge >= 0.3 is 5.97 Å². The van der Waals surface area contributed by atoms with Gasteiger partial charge in [0, 0.05) is 5.56 Å². The second-order valence-corrected chi connectivity index (χ2v) is 7.91. The number of rotatable bonds is 14. The van der Waals surface area contributed by atoms with E-state index in [4.69, 9.17) is 4.74 Å². The van der Waals surface area contributed by atoms with Gasteiger partial charge < -0.3 is 9.84 Å². The van der Waals surface area contributed by atoms with E-state index in [1.807, 2.05) is 31.2 Å². The van der Waals surface area contributed by atoms with Crippen molar-refractivity contribution in [2.75, 3.05) is 6.61 Å². The molecule has 2 rings (SSSR count). The number of carboxylic acids is 1. The van der Waals surface area contributed by atoms with Crippen molar-refractivity contribution >= 4 is 5.97 Å². The highest BCUT2D eigenvalue weighted by Crippen LogP contribution is 2.30. The standard InChI is InChI=1S/C26H35FO3/c1-3-5-7-8-9-10-18-30-22-15-12-20(13-16-22)21-14-17-23(25(27)19-21)24(26(28)29)11-6-4-2/h12-17,19,24H,3-11,18H2,1-2H3,(H,28,29). The van der Waals surface area contributed by atoms with Crippen molar-refractivity contribution in [1.82, 2.24) is 0 Å². The number of benzene rings is 2. The van der Waals surface area contributed by atoms with Gasteiger partial charge in [0.25, 0.3) is 0 Å². The molecule has 1 N–H and O–H groups in total. The number of aliphatic carboxylic acids is 1. The lowest BCUT2D eigenvalue weighted by Gasteiger charge is -2.14. The number of halogens is 1. The smallest absolute Gasteiger partial charge is 0.311 e. The van der Waals surface area contributed by atoms with E-state index >= 15 is 0 Å². The molecular weight excluding hydrogens is 379 g/mol. The van der Waals surface area contributed by atoms with Gasteiger partial charge in [0.1, 0.15) is 11.6 Å². The first kappa shape index (κ1) is 23.9. The van der Waals surface area contributed by atoms with Crippen molar-refractivity contribution in [3.63, 3.8) is 0 Å². The zero-order valence-corrected chi connectivity index (χ0v) is 18.3. The minimum Gasteiger partial charge on any atom is -0.494 e. The predicted molar refractivity (Wildman–Crippen MR) is 121 cm³/mol. The monoisotopic (exact) mass is 414 g/mol. The molecule has 0 aromatic heterocycles. The van der Waals surface area contributed by atoms with Gasteiger partial charge in [-0.2, -0.15) is 0 Å². The van der Waals surface area contributed by atoms with Crippen LogP contribution in [-0.2, 0) is 4.79 Å². The molecule has 1 unspecified atom stereocenters. The fourth-order valence-electron chi connectivity index (χ4n) is 3.63. The van der Waals surface area contributed by atoms with Crippen LogP contribution in [0.5, 0.6) is 5.75 Å². The van der Waals surface area contributed by atoms with Gasteiger partial charge in [-0.15, -0.1) is 0 Å². The molecule has 0 spiro atoms.